The molecule has 5 rings (SSSR count). The Labute approximate surface area is 180 Å². The van der Waals surface area contributed by atoms with Gasteiger partial charge in [-0.15, -0.1) is 0 Å². The molecule has 3 aromatic rings. The van der Waals surface area contributed by atoms with Gasteiger partial charge in [-0.3, -0.25) is 5.32 Å². The molecule has 31 heavy (non-hydrogen) atoms. The van der Waals surface area contributed by atoms with Crippen LogP contribution in [0.4, 0.5) is 4.39 Å². The summed E-state index contributed by atoms with van der Waals surface area (Å²) in [4.78, 5) is 4.49. The van der Waals surface area contributed by atoms with Crippen molar-refractivity contribution in [1.82, 2.24) is 20.1 Å². The van der Waals surface area contributed by atoms with Crippen molar-refractivity contribution < 1.29 is 9.50 Å². The predicted molar refractivity (Wildman–Crippen MR) is 114 cm³/mol. The van der Waals surface area contributed by atoms with Crippen LogP contribution < -0.4 is 5.32 Å². The maximum Gasteiger partial charge on any atom is 0.219 e. The number of benzene rings is 1. The molecule has 2 N–H and O–H groups in total. The molecule has 3 heterocycles. The Bertz CT molecular complexity index is 1190. The molecule has 7 heteroatoms. The molecule has 1 aromatic carbocycles. The van der Waals surface area contributed by atoms with E-state index in [1.165, 1.54) is 17.5 Å². The predicted octanol–water partition coefficient (Wildman–Crippen LogP) is 4.30. The highest BCUT2D eigenvalue weighted by atomic mass is 19.1. The van der Waals surface area contributed by atoms with Gasteiger partial charge < -0.3 is 5.11 Å². The molecular formula is C24H24FN5O. The van der Waals surface area contributed by atoms with E-state index < -0.39 is 6.23 Å². The van der Waals surface area contributed by atoms with Crippen LogP contribution in [0.25, 0.3) is 22.4 Å². The average molecular weight is 417 g/mol. The first-order valence-corrected chi connectivity index (χ1v) is 10.6. The van der Waals surface area contributed by atoms with E-state index in [1.54, 1.807) is 18.3 Å². The molecule has 158 valence electrons. The lowest BCUT2D eigenvalue weighted by Gasteiger charge is -2.23. The van der Waals surface area contributed by atoms with Crippen molar-refractivity contribution in [2.45, 2.75) is 51.9 Å². The van der Waals surface area contributed by atoms with E-state index in [-0.39, 0.29) is 17.1 Å². The van der Waals surface area contributed by atoms with Crippen LogP contribution in [0.5, 0.6) is 0 Å². The molecule has 0 amide bonds. The van der Waals surface area contributed by atoms with E-state index in [1.807, 2.05) is 18.2 Å². The Hall–Kier alpha value is -3.08. The summed E-state index contributed by atoms with van der Waals surface area (Å²) in [5.41, 5.74) is 4.29. The summed E-state index contributed by atoms with van der Waals surface area (Å²) in [6.45, 7) is 3.34. The minimum atomic E-state index is -0.746. The molecule has 0 spiro atoms. The number of aliphatic hydroxyl groups is 1. The number of halogens is 1. The van der Waals surface area contributed by atoms with E-state index in [9.17, 15) is 10.4 Å². The van der Waals surface area contributed by atoms with E-state index in [0.717, 1.165) is 29.5 Å². The number of hydrogen-bond acceptors (Lipinski definition) is 5. The van der Waals surface area contributed by atoms with Crippen LogP contribution in [0.3, 0.4) is 0 Å². The highest BCUT2D eigenvalue weighted by Crippen LogP contribution is 2.40. The molecule has 1 saturated carbocycles. The smallest absolute Gasteiger partial charge is 0.219 e. The molecule has 2 aliphatic rings. The number of hydrogen-bond donors (Lipinski definition) is 2. The Morgan fingerprint density at radius 2 is 2.06 bits per heavy atom. The van der Waals surface area contributed by atoms with Crippen LogP contribution in [-0.4, -0.2) is 19.9 Å². The van der Waals surface area contributed by atoms with Gasteiger partial charge in [0, 0.05) is 29.8 Å². The van der Waals surface area contributed by atoms with Crippen LogP contribution in [0.1, 0.15) is 55.7 Å². The van der Waals surface area contributed by atoms with E-state index >= 15 is 4.39 Å². The van der Waals surface area contributed by atoms with Gasteiger partial charge in [-0.2, -0.15) is 14.8 Å². The van der Waals surface area contributed by atoms with Crippen molar-refractivity contribution in [3.05, 3.63) is 59.3 Å². The van der Waals surface area contributed by atoms with Gasteiger partial charge >= 0.3 is 0 Å². The summed E-state index contributed by atoms with van der Waals surface area (Å²) in [5.74, 6) is -0.385. The van der Waals surface area contributed by atoms with E-state index in [0.29, 0.717) is 29.9 Å². The highest BCUT2D eigenvalue weighted by molar-refractivity contribution is 5.81. The highest BCUT2D eigenvalue weighted by Gasteiger charge is 2.31. The number of aromatic nitrogens is 3. The number of aliphatic hydroxyl groups excluding tert-OH is 1. The Morgan fingerprint density at radius 1 is 1.26 bits per heavy atom. The number of pyridine rings is 1. The maximum atomic E-state index is 15.5. The largest absolute Gasteiger partial charge is 0.374 e. The summed E-state index contributed by atoms with van der Waals surface area (Å²) in [6, 6.07) is 11.1. The van der Waals surface area contributed by atoms with Crippen LogP contribution in [0, 0.1) is 22.7 Å². The molecular weight excluding hydrogens is 393 g/mol. The minimum absolute atomic E-state index is 0.0685. The van der Waals surface area contributed by atoms with Gasteiger partial charge in [0.1, 0.15) is 18.0 Å². The molecule has 2 aromatic heterocycles. The molecule has 0 saturated heterocycles. The zero-order chi connectivity index (χ0) is 21.6. The summed E-state index contributed by atoms with van der Waals surface area (Å²) in [5, 5.41) is 26.9. The molecule has 1 fully saturated rings. The number of nitrogens with one attached hydrogen (secondary N) is 1. The molecule has 1 aliphatic carbocycles. The van der Waals surface area contributed by atoms with Gasteiger partial charge in [0.25, 0.3) is 0 Å². The second-order valence-corrected chi connectivity index (χ2v) is 8.93. The molecule has 1 unspecified atom stereocenters. The SMILES string of the molecule is CC1(Cn2ncc(-c3ccc(C#N)nc3-c3ccc4c(c3)C(O)NC4)c2F)CCCC1. The summed E-state index contributed by atoms with van der Waals surface area (Å²) in [7, 11) is 0. The fourth-order valence-corrected chi connectivity index (χ4v) is 4.84. The van der Waals surface area contributed by atoms with Crippen LogP contribution in [0.2, 0.25) is 0 Å². The van der Waals surface area contributed by atoms with Crippen molar-refractivity contribution in [2.24, 2.45) is 5.41 Å². The first kappa shape index (κ1) is 19.9. The number of nitrogens with zero attached hydrogens (tertiary/aromatic N) is 4. The average Bonchev–Trinajstić information content (AvgIpc) is 3.48. The second kappa shape index (κ2) is 7.56. The fraction of sp³-hybridized carbons (Fsp3) is 0.375. The zero-order valence-corrected chi connectivity index (χ0v) is 17.4. The van der Waals surface area contributed by atoms with Gasteiger partial charge in [0.2, 0.25) is 5.95 Å². The van der Waals surface area contributed by atoms with Gasteiger partial charge in [-0.1, -0.05) is 31.9 Å². The lowest BCUT2D eigenvalue weighted by molar-refractivity contribution is 0.151. The topological polar surface area (TPSA) is 86.8 Å². The Kier molecular flexibility index (Phi) is 4.84. The van der Waals surface area contributed by atoms with Gasteiger partial charge in [0.15, 0.2) is 0 Å². The summed E-state index contributed by atoms with van der Waals surface area (Å²) in [6.07, 6.45) is 5.31. The summed E-state index contributed by atoms with van der Waals surface area (Å²) >= 11 is 0. The van der Waals surface area contributed by atoms with E-state index in [2.05, 4.69) is 28.4 Å². The molecule has 6 nitrogen and oxygen atoms in total. The second-order valence-electron chi connectivity index (χ2n) is 8.93. The normalized spacial score (nSPS) is 19.4. The summed E-state index contributed by atoms with van der Waals surface area (Å²) < 4.78 is 16.9. The van der Waals surface area contributed by atoms with Gasteiger partial charge in [-0.05, 0) is 42.0 Å². The third-order valence-electron chi connectivity index (χ3n) is 6.62. The first-order valence-electron chi connectivity index (χ1n) is 10.6. The van der Waals surface area contributed by atoms with Crippen molar-refractivity contribution >= 4 is 0 Å². The maximum absolute atomic E-state index is 15.5. The standard InChI is InChI=1S/C24H24FN5O/c1-24(8-2-3-9-24)14-30-22(25)20(13-28-30)18-7-6-17(11-26)29-21(18)15-4-5-16-12-27-23(31)19(16)10-15/h4-7,10,13,23,27,31H,2-3,8-9,12,14H2,1H3. The number of fused-ring (bicyclic) bond motifs is 1. The third kappa shape index (κ3) is 3.52. The zero-order valence-electron chi connectivity index (χ0n) is 17.4. The minimum Gasteiger partial charge on any atom is -0.374 e. The van der Waals surface area contributed by atoms with E-state index in [4.69, 9.17) is 0 Å². The van der Waals surface area contributed by atoms with Crippen LogP contribution in [0.15, 0.2) is 36.5 Å². The van der Waals surface area contributed by atoms with Crippen molar-refractivity contribution in [2.75, 3.05) is 0 Å². The molecule has 0 radical (unpaired) electrons. The third-order valence-corrected chi connectivity index (χ3v) is 6.62. The Balaban J connectivity index is 1.58. The van der Waals surface area contributed by atoms with Gasteiger partial charge in [-0.25, -0.2) is 9.67 Å². The van der Waals surface area contributed by atoms with Crippen LogP contribution >= 0.6 is 0 Å². The molecule has 1 atom stereocenters. The fourth-order valence-electron chi connectivity index (χ4n) is 4.84. The van der Waals surface area contributed by atoms with Crippen molar-refractivity contribution in [3.63, 3.8) is 0 Å². The first-order chi connectivity index (χ1) is 15.0. The lowest BCUT2D eigenvalue weighted by Crippen LogP contribution is -2.21. The Morgan fingerprint density at radius 3 is 2.84 bits per heavy atom. The quantitative estimate of drug-likeness (QED) is 0.661. The molecule has 1 aliphatic heterocycles. The van der Waals surface area contributed by atoms with Crippen molar-refractivity contribution in [1.29, 1.82) is 5.26 Å². The van der Waals surface area contributed by atoms with Crippen molar-refractivity contribution in [3.8, 4) is 28.5 Å². The lowest BCUT2D eigenvalue weighted by atomic mass is 9.89. The van der Waals surface area contributed by atoms with Crippen LogP contribution in [-0.2, 0) is 13.1 Å². The number of nitriles is 1. The number of rotatable bonds is 4. The van der Waals surface area contributed by atoms with Gasteiger partial charge in [0.05, 0.1) is 17.5 Å². The molecule has 0 bridgehead atoms. The monoisotopic (exact) mass is 417 g/mol.